The van der Waals surface area contributed by atoms with Gasteiger partial charge in [0.2, 0.25) is 0 Å². The Bertz CT molecular complexity index is 488. The number of nitriles is 1. The highest BCUT2D eigenvalue weighted by atomic mass is 16.5. The largest absolute Gasteiger partial charge is 0.490 e. The van der Waals surface area contributed by atoms with Crippen molar-refractivity contribution in [3.63, 3.8) is 0 Å². The molecule has 0 aliphatic heterocycles. The van der Waals surface area contributed by atoms with Crippen LogP contribution in [0.5, 0.6) is 11.5 Å². The maximum atomic E-state index is 10.4. The maximum Gasteiger partial charge on any atom is 0.328 e. The predicted molar refractivity (Wildman–Crippen MR) is 65.4 cm³/mol. The highest BCUT2D eigenvalue weighted by Crippen LogP contribution is 2.28. The van der Waals surface area contributed by atoms with Crippen molar-refractivity contribution in [1.82, 2.24) is 0 Å². The van der Waals surface area contributed by atoms with Crippen molar-refractivity contribution in [3.8, 4) is 17.6 Å². The average molecular weight is 247 g/mol. The van der Waals surface area contributed by atoms with Gasteiger partial charge in [-0.2, -0.15) is 5.26 Å². The topological polar surface area (TPSA) is 79.6 Å². The van der Waals surface area contributed by atoms with Gasteiger partial charge in [0.1, 0.15) is 6.07 Å². The molecule has 0 aliphatic carbocycles. The number of carboxylic acids is 1. The zero-order chi connectivity index (χ0) is 13.4. The second-order valence-electron chi connectivity index (χ2n) is 3.26. The lowest BCUT2D eigenvalue weighted by Gasteiger charge is -2.10. The third-order valence-corrected chi connectivity index (χ3v) is 1.98. The molecule has 0 unspecified atom stereocenters. The summed E-state index contributed by atoms with van der Waals surface area (Å²) in [4.78, 5) is 10.4. The first-order chi connectivity index (χ1) is 8.67. The van der Waals surface area contributed by atoms with E-state index < -0.39 is 5.97 Å². The second kappa shape index (κ2) is 6.97. The van der Waals surface area contributed by atoms with E-state index in [9.17, 15) is 4.79 Å². The van der Waals surface area contributed by atoms with Gasteiger partial charge in [0.05, 0.1) is 6.61 Å². The van der Waals surface area contributed by atoms with E-state index in [-0.39, 0.29) is 6.61 Å². The molecule has 0 bridgehead atoms. The van der Waals surface area contributed by atoms with Crippen LogP contribution in [-0.4, -0.2) is 24.3 Å². The Hall–Kier alpha value is -2.48. The molecule has 0 radical (unpaired) electrons. The summed E-state index contributed by atoms with van der Waals surface area (Å²) in [6.45, 7) is 2.22. The number of nitrogens with zero attached hydrogens (tertiary/aromatic N) is 1. The molecule has 5 nitrogen and oxygen atoms in total. The Labute approximate surface area is 105 Å². The smallest absolute Gasteiger partial charge is 0.328 e. The van der Waals surface area contributed by atoms with Crippen LogP contribution < -0.4 is 9.47 Å². The molecule has 1 aromatic rings. The van der Waals surface area contributed by atoms with E-state index in [0.717, 1.165) is 6.08 Å². The summed E-state index contributed by atoms with van der Waals surface area (Å²) in [5, 5.41) is 17.0. The van der Waals surface area contributed by atoms with Crippen molar-refractivity contribution in [2.24, 2.45) is 0 Å². The second-order valence-corrected chi connectivity index (χ2v) is 3.26. The lowest BCUT2D eigenvalue weighted by molar-refractivity contribution is -0.131. The molecule has 0 fully saturated rings. The zero-order valence-electron chi connectivity index (χ0n) is 9.92. The van der Waals surface area contributed by atoms with Crippen molar-refractivity contribution in [1.29, 1.82) is 5.26 Å². The van der Waals surface area contributed by atoms with Crippen molar-refractivity contribution < 1.29 is 19.4 Å². The minimum absolute atomic E-state index is 0.0651. The SMILES string of the molecule is CCOc1cc(C=CC(=O)O)ccc1OCC#N. The highest BCUT2D eigenvalue weighted by molar-refractivity contribution is 5.85. The molecule has 18 heavy (non-hydrogen) atoms. The van der Waals surface area contributed by atoms with Gasteiger partial charge in [-0.15, -0.1) is 0 Å². The molecule has 1 N–H and O–H groups in total. The van der Waals surface area contributed by atoms with E-state index in [1.807, 2.05) is 13.0 Å². The molecule has 1 rings (SSSR count). The van der Waals surface area contributed by atoms with E-state index in [1.54, 1.807) is 18.2 Å². The molecule has 0 saturated heterocycles. The Morgan fingerprint density at radius 1 is 1.44 bits per heavy atom. The number of ether oxygens (including phenoxy) is 2. The van der Waals surface area contributed by atoms with Crippen LogP contribution in [0.25, 0.3) is 6.08 Å². The van der Waals surface area contributed by atoms with Gasteiger partial charge < -0.3 is 14.6 Å². The number of rotatable bonds is 6. The summed E-state index contributed by atoms with van der Waals surface area (Å²) in [7, 11) is 0. The predicted octanol–water partition coefficient (Wildman–Crippen LogP) is 2.09. The monoisotopic (exact) mass is 247 g/mol. The molecular weight excluding hydrogens is 234 g/mol. The summed E-state index contributed by atoms with van der Waals surface area (Å²) in [6, 6.07) is 6.86. The van der Waals surface area contributed by atoms with Crippen LogP contribution in [0, 0.1) is 11.3 Å². The van der Waals surface area contributed by atoms with Gasteiger partial charge in [-0.3, -0.25) is 0 Å². The van der Waals surface area contributed by atoms with E-state index in [2.05, 4.69) is 0 Å². The minimum Gasteiger partial charge on any atom is -0.490 e. The van der Waals surface area contributed by atoms with E-state index >= 15 is 0 Å². The number of aliphatic carboxylic acids is 1. The summed E-state index contributed by atoms with van der Waals surface area (Å²) < 4.78 is 10.6. The Balaban J connectivity index is 2.95. The normalized spacial score (nSPS) is 10.0. The standard InChI is InChI=1S/C13H13NO4/c1-2-17-12-9-10(4-6-13(15)16)3-5-11(12)18-8-7-14/h3-6,9H,2,8H2,1H3,(H,15,16). The van der Waals surface area contributed by atoms with Crippen LogP contribution in [0.2, 0.25) is 0 Å². The fourth-order valence-electron chi connectivity index (χ4n) is 1.29. The van der Waals surface area contributed by atoms with Gasteiger partial charge in [0.25, 0.3) is 0 Å². The van der Waals surface area contributed by atoms with Crippen molar-refractivity contribution in [3.05, 3.63) is 29.8 Å². The van der Waals surface area contributed by atoms with Crippen LogP contribution in [-0.2, 0) is 4.79 Å². The first kappa shape index (κ1) is 13.6. The third kappa shape index (κ3) is 4.18. The minimum atomic E-state index is -1.02. The van der Waals surface area contributed by atoms with Crippen LogP contribution in [0.4, 0.5) is 0 Å². The lowest BCUT2D eigenvalue weighted by Crippen LogP contribution is -1.99. The quantitative estimate of drug-likeness (QED) is 0.778. The van der Waals surface area contributed by atoms with Gasteiger partial charge in [-0.1, -0.05) is 6.07 Å². The molecule has 0 amide bonds. The summed E-state index contributed by atoms with van der Waals surface area (Å²) >= 11 is 0. The van der Waals surface area contributed by atoms with E-state index in [0.29, 0.717) is 23.7 Å². The number of hydrogen-bond acceptors (Lipinski definition) is 4. The third-order valence-electron chi connectivity index (χ3n) is 1.98. The van der Waals surface area contributed by atoms with Gasteiger partial charge in [-0.25, -0.2) is 4.79 Å². The fourth-order valence-corrected chi connectivity index (χ4v) is 1.29. The van der Waals surface area contributed by atoms with Crippen LogP contribution in [0.3, 0.4) is 0 Å². The molecule has 5 heteroatoms. The van der Waals surface area contributed by atoms with Crippen molar-refractivity contribution in [2.75, 3.05) is 13.2 Å². The number of benzene rings is 1. The van der Waals surface area contributed by atoms with Crippen LogP contribution >= 0.6 is 0 Å². The number of hydrogen-bond donors (Lipinski definition) is 1. The maximum absolute atomic E-state index is 10.4. The molecule has 0 atom stereocenters. The van der Waals surface area contributed by atoms with Gasteiger partial charge in [0, 0.05) is 6.08 Å². The molecule has 0 saturated carbocycles. The molecule has 0 aromatic heterocycles. The summed E-state index contributed by atoms with van der Waals surface area (Å²) in [5.74, 6) is -0.0658. The molecule has 1 aromatic carbocycles. The van der Waals surface area contributed by atoms with Gasteiger partial charge in [0.15, 0.2) is 18.1 Å². The van der Waals surface area contributed by atoms with Crippen molar-refractivity contribution >= 4 is 12.0 Å². The fraction of sp³-hybridized carbons (Fsp3) is 0.231. The van der Waals surface area contributed by atoms with Gasteiger partial charge in [-0.05, 0) is 30.7 Å². The molecule has 0 spiro atoms. The van der Waals surface area contributed by atoms with Crippen LogP contribution in [0.15, 0.2) is 24.3 Å². The molecular formula is C13H13NO4. The van der Waals surface area contributed by atoms with E-state index in [4.69, 9.17) is 19.8 Å². The van der Waals surface area contributed by atoms with Crippen LogP contribution in [0.1, 0.15) is 12.5 Å². The number of carbonyl (C=O) groups is 1. The van der Waals surface area contributed by atoms with Crippen molar-refractivity contribution in [2.45, 2.75) is 6.92 Å². The molecule has 94 valence electrons. The lowest BCUT2D eigenvalue weighted by atomic mass is 10.2. The number of carboxylic acid groups (broad SMARTS) is 1. The first-order valence-corrected chi connectivity index (χ1v) is 5.35. The average Bonchev–Trinajstić information content (AvgIpc) is 2.35. The first-order valence-electron chi connectivity index (χ1n) is 5.35. The summed E-state index contributed by atoms with van der Waals surface area (Å²) in [6.07, 6.45) is 2.50. The Morgan fingerprint density at radius 2 is 2.22 bits per heavy atom. The molecule has 0 aliphatic rings. The zero-order valence-corrected chi connectivity index (χ0v) is 9.92. The Morgan fingerprint density at radius 3 is 2.83 bits per heavy atom. The Kier molecular flexibility index (Phi) is 5.26. The highest BCUT2D eigenvalue weighted by Gasteiger charge is 2.05. The summed E-state index contributed by atoms with van der Waals surface area (Å²) in [5.41, 5.74) is 0.685. The molecule has 0 heterocycles. The van der Waals surface area contributed by atoms with Gasteiger partial charge >= 0.3 is 5.97 Å². The van der Waals surface area contributed by atoms with E-state index in [1.165, 1.54) is 6.08 Å².